The van der Waals surface area contributed by atoms with Gasteiger partial charge in [-0.2, -0.15) is 0 Å². The Bertz CT molecular complexity index is 733. The van der Waals surface area contributed by atoms with Gasteiger partial charge in [0.1, 0.15) is 5.75 Å². The molecule has 3 rings (SSSR count). The van der Waals surface area contributed by atoms with Crippen molar-refractivity contribution in [3.63, 3.8) is 0 Å². The van der Waals surface area contributed by atoms with Gasteiger partial charge in [0.25, 0.3) is 0 Å². The van der Waals surface area contributed by atoms with Crippen LogP contribution in [0.1, 0.15) is 40.6 Å². The molecular formula is C17H17Cl2NO2. The monoisotopic (exact) mass is 337 g/mol. The number of ketones is 1. The molecule has 1 aliphatic carbocycles. The lowest BCUT2D eigenvalue weighted by Gasteiger charge is -2.08. The highest BCUT2D eigenvalue weighted by Gasteiger charge is 2.28. The lowest BCUT2D eigenvalue weighted by atomic mass is 10.1. The SMILES string of the molecule is Cc1cc(C(=O)COc2ccc(Cl)c(Cl)c2)c(C)n1C1CC1. The summed E-state index contributed by atoms with van der Waals surface area (Å²) in [7, 11) is 0. The maximum absolute atomic E-state index is 12.4. The molecule has 22 heavy (non-hydrogen) atoms. The summed E-state index contributed by atoms with van der Waals surface area (Å²) in [4.78, 5) is 12.4. The summed E-state index contributed by atoms with van der Waals surface area (Å²) in [6, 6.07) is 7.49. The minimum atomic E-state index is -0.0222. The van der Waals surface area contributed by atoms with Crippen LogP contribution in [-0.2, 0) is 0 Å². The highest BCUT2D eigenvalue weighted by atomic mass is 35.5. The van der Waals surface area contributed by atoms with Gasteiger partial charge >= 0.3 is 0 Å². The van der Waals surface area contributed by atoms with Crippen molar-refractivity contribution < 1.29 is 9.53 Å². The number of aryl methyl sites for hydroxylation is 1. The third kappa shape index (κ3) is 3.01. The number of hydrogen-bond donors (Lipinski definition) is 0. The van der Waals surface area contributed by atoms with Crippen molar-refractivity contribution in [2.24, 2.45) is 0 Å². The Labute approximate surface area is 139 Å². The molecule has 1 saturated carbocycles. The molecule has 1 aromatic heterocycles. The Hall–Kier alpha value is -1.45. The minimum Gasteiger partial charge on any atom is -0.485 e. The molecule has 0 radical (unpaired) electrons. The van der Waals surface area contributed by atoms with Crippen LogP contribution in [0.2, 0.25) is 10.0 Å². The Morgan fingerprint density at radius 3 is 2.59 bits per heavy atom. The van der Waals surface area contributed by atoms with Crippen molar-refractivity contribution >= 4 is 29.0 Å². The van der Waals surface area contributed by atoms with Crippen molar-refractivity contribution in [3.8, 4) is 5.75 Å². The van der Waals surface area contributed by atoms with E-state index < -0.39 is 0 Å². The maximum Gasteiger partial charge on any atom is 0.202 e. The lowest BCUT2D eigenvalue weighted by Crippen LogP contribution is -2.12. The average molecular weight is 338 g/mol. The van der Waals surface area contributed by atoms with E-state index in [2.05, 4.69) is 4.57 Å². The van der Waals surface area contributed by atoms with Crippen LogP contribution in [0.15, 0.2) is 24.3 Å². The minimum absolute atomic E-state index is 0.00702. The molecule has 3 nitrogen and oxygen atoms in total. The Balaban J connectivity index is 1.72. The predicted octanol–water partition coefficient (Wildman–Crippen LogP) is 5.01. The first-order valence-electron chi connectivity index (χ1n) is 7.27. The van der Waals surface area contributed by atoms with Crippen molar-refractivity contribution in [2.45, 2.75) is 32.7 Å². The van der Waals surface area contributed by atoms with E-state index in [1.165, 1.54) is 12.8 Å². The van der Waals surface area contributed by atoms with Crippen LogP contribution < -0.4 is 4.74 Å². The molecule has 5 heteroatoms. The first kappa shape index (κ1) is 15.4. The maximum atomic E-state index is 12.4. The molecule has 1 heterocycles. The number of nitrogens with zero attached hydrogens (tertiary/aromatic N) is 1. The second-order valence-corrected chi connectivity index (χ2v) is 6.49. The zero-order valence-electron chi connectivity index (χ0n) is 12.5. The van der Waals surface area contributed by atoms with Gasteiger partial charge in [0.15, 0.2) is 6.61 Å². The molecule has 0 aliphatic heterocycles. The summed E-state index contributed by atoms with van der Waals surface area (Å²) < 4.78 is 7.79. The summed E-state index contributed by atoms with van der Waals surface area (Å²) in [5, 5.41) is 0.881. The highest BCUT2D eigenvalue weighted by Crippen LogP contribution is 2.38. The molecule has 0 unspecified atom stereocenters. The quantitative estimate of drug-likeness (QED) is 0.718. The van der Waals surface area contributed by atoms with Crippen LogP contribution in [0.4, 0.5) is 0 Å². The molecule has 1 fully saturated rings. The Kier molecular flexibility index (Phi) is 4.20. The molecule has 0 spiro atoms. The van der Waals surface area contributed by atoms with E-state index in [0.717, 1.165) is 17.0 Å². The normalized spacial score (nSPS) is 14.2. The number of Topliss-reactive ketones (excluding diaryl/α,β-unsaturated/α-hetero) is 1. The van der Waals surface area contributed by atoms with Crippen molar-refractivity contribution in [3.05, 3.63) is 51.3 Å². The standard InChI is InChI=1S/C17H17Cl2NO2/c1-10-7-14(11(2)20(10)12-3-4-12)17(21)9-22-13-5-6-15(18)16(19)8-13/h5-8,12H,3-4,9H2,1-2H3. The molecule has 2 aromatic rings. The molecule has 0 amide bonds. The van der Waals surface area contributed by atoms with Crippen LogP contribution in [-0.4, -0.2) is 17.0 Å². The average Bonchev–Trinajstić information content (AvgIpc) is 3.26. The zero-order chi connectivity index (χ0) is 15.9. The second kappa shape index (κ2) is 5.98. The fraction of sp³-hybridized carbons (Fsp3) is 0.353. The number of rotatable bonds is 5. The first-order chi connectivity index (χ1) is 10.5. The smallest absolute Gasteiger partial charge is 0.202 e. The van der Waals surface area contributed by atoms with E-state index >= 15 is 0 Å². The van der Waals surface area contributed by atoms with Gasteiger partial charge < -0.3 is 9.30 Å². The molecular weight excluding hydrogens is 321 g/mol. The number of halogens is 2. The molecule has 0 N–H and O–H groups in total. The molecule has 0 bridgehead atoms. The van der Waals surface area contributed by atoms with Crippen molar-refractivity contribution in [2.75, 3.05) is 6.61 Å². The number of hydrogen-bond acceptors (Lipinski definition) is 2. The van der Waals surface area contributed by atoms with Gasteiger partial charge in [-0.15, -0.1) is 0 Å². The molecule has 1 aromatic carbocycles. The van der Waals surface area contributed by atoms with Crippen LogP contribution >= 0.6 is 23.2 Å². The van der Waals surface area contributed by atoms with Gasteiger partial charge in [0, 0.05) is 29.1 Å². The number of carbonyl (C=O) groups excluding carboxylic acids is 1. The van der Waals surface area contributed by atoms with Crippen LogP contribution in [0.3, 0.4) is 0 Å². The van der Waals surface area contributed by atoms with E-state index in [0.29, 0.717) is 21.8 Å². The van der Waals surface area contributed by atoms with Crippen molar-refractivity contribution in [1.82, 2.24) is 4.57 Å². The zero-order valence-corrected chi connectivity index (χ0v) is 14.0. The summed E-state index contributed by atoms with van der Waals surface area (Å²) in [5.74, 6) is 0.518. The van der Waals surface area contributed by atoms with Crippen LogP contribution in [0.25, 0.3) is 0 Å². The molecule has 1 aliphatic rings. The fourth-order valence-electron chi connectivity index (χ4n) is 2.75. The van der Waals surface area contributed by atoms with Gasteiger partial charge in [-0.1, -0.05) is 23.2 Å². The first-order valence-corrected chi connectivity index (χ1v) is 8.02. The summed E-state index contributed by atoms with van der Waals surface area (Å²) >= 11 is 11.8. The Morgan fingerprint density at radius 2 is 1.95 bits per heavy atom. The third-order valence-electron chi connectivity index (χ3n) is 3.96. The largest absolute Gasteiger partial charge is 0.485 e. The summed E-state index contributed by atoms with van der Waals surface area (Å²) in [6.07, 6.45) is 2.40. The molecule has 116 valence electrons. The summed E-state index contributed by atoms with van der Waals surface area (Å²) in [6.45, 7) is 4.03. The summed E-state index contributed by atoms with van der Waals surface area (Å²) in [5.41, 5.74) is 2.91. The number of benzene rings is 1. The molecule has 0 atom stereocenters. The van der Waals surface area contributed by atoms with E-state index in [1.807, 2.05) is 19.9 Å². The van der Waals surface area contributed by atoms with E-state index in [9.17, 15) is 4.79 Å². The number of carbonyl (C=O) groups is 1. The lowest BCUT2D eigenvalue weighted by molar-refractivity contribution is 0.0921. The van der Waals surface area contributed by atoms with Gasteiger partial charge in [0.05, 0.1) is 10.0 Å². The van der Waals surface area contributed by atoms with E-state index in [-0.39, 0.29) is 12.4 Å². The Morgan fingerprint density at radius 1 is 1.23 bits per heavy atom. The topological polar surface area (TPSA) is 31.2 Å². The number of aromatic nitrogens is 1. The van der Waals surface area contributed by atoms with Crippen molar-refractivity contribution in [1.29, 1.82) is 0 Å². The fourth-order valence-corrected chi connectivity index (χ4v) is 3.04. The highest BCUT2D eigenvalue weighted by molar-refractivity contribution is 6.42. The van der Waals surface area contributed by atoms with Gasteiger partial charge in [-0.3, -0.25) is 4.79 Å². The third-order valence-corrected chi connectivity index (χ3v) is 4.70. The van der Waals surface area contributed by atoms with Gasteiger partial charge in [0.2, 0.25) is 5.78 Å². The van der Waals surface area contributed by atoms with E-state index in [1.54, 1.807) is 18.2 Å². The van der Waals surface area contributed by atoms with E-state index in [4.69, 9.17) is 27.9 Å². The molecule has 0 saturated heterocycles. The van der Waals surface area contributed by atoms with Crippen LogP contribution in [0.5, 0.6) is 5.75 Å². The van der Waals surface area contributed by atoms with Gasteiger partial charge in [-0.05, 0) is 44.9 Å². The van der Waals surface area contributed by atoms with Gasteiger partial charge in [-0.25, -0.2) is 0 Å². The van der Waals surface area contributed by atoms with Crippen LogP contribution in [0, 0.1) is 13.8 Å². The number of ether oxygens (including phenoxy) is 1. The predicted molar refractivity (Wildman–Crippen MR) is 88.5 cm³/mol. The second-order valence-electron chi connectivity index (χ2n) is 5.67.